The standard InChI is InChI=1S/C10H6Br2OS/c11-4-6-1-2-7-8(3-6)14-9(5-13)10(7)12/h1-3,5H,4H2. The molecule has 4 heteroatoms. The molecule has 0 radical (unpaired) electrons. The van der Waals surface area contributed by atoms with Crippen molar-refractivity contribution in [2.45, 2.75) is 5.33 Å². The fourth-order valence-electron chi connectivity index (χ4n) is 1.29. The first kappa shape index (κ1) is 10.3. The lowest BCUT2D eigenvalue weighted by atomic mass is 10.2. The second-order valence-electron chi connectivity index (χ2n) is 2.86. The second-order valence-corrected chi connectivity index (χ2v) is 5.30. The van der Waals surface area contributed by atoms with Gasteiger partial charge in [0.05, 0.1) is 4.88 Å². The molecule has 0 unspecified atom stereocenters. The quantitative estimate of drug-likeness (QED) is 0.589. The Kier molecular flexibility index (Phi) is 3.04. The number of hydrogen-bond acceptors (Lipinski definition) is 2. The Balaban J connectivity index is 2.72. The highest BCUT2D eigenvalue weighted by Crippen LogP contribution is 2.35. The van der Waals surface area contributed by atoms with Crippen molar-refractivity contribution in [3.63, 3.8) is 0 Å². The van der Waals surface area contributed by atoms with Gasteiger partial charge < -0.3 is 0 Å². The Morgan fingerprint density at radius 3 is 2.86 bits per heavy atom. The number of carbonyl (C=O) groups excluding carboxylic acids is 1. The second kappa shape index (κ2) is 4.13. The number of hydrogen-bond donors (Lipinski definition) is 0. The highest BCUT2D eigenvalue weighted by molar-refractivity contribution is 9.10. The number of halogens is 2. The van der Waals surface area contributed by atoms with E-state index in [1.54, 1.807) is 0 Å². The van der Waals surface area contributed by atoms with E-state index in [2.05, 4.69) is 44.0 Å². The maximum atomic E-state index is 10.7. The van der Waals surface area contributed by atoms with Crippen molar-refractivity contribution in [1.82, 2.24) is 0 Å². The molecule has 0 N–H and O–H groups in total. The number of alkyl halides is 1. The topological polar surface area (TPSA) is 17.1 Å². The van der Waals surface area contributed by atoms with Gasteiger partial charge in [-0.1, -0.05) is 28.1 Å². The highest BCUT2D eigenvalue weighted by atomic mass is 79.9. The molecule has 0 saturated heterocycles. The van der Waals surface area contributed by atoms with E-state index in [0.717, 1.165) is 31.1 Å². The van der Waals surface area contributed by atoms with Gasteiger partial charge in [-0.25, -0.2) is 0 Å². The molecule has 0 saturated carbocycles. The van der Waals surface area contributed by atoms with Gasteiger partial charge in [-0.05, 0) is 27.6 Å². The minimum Gasteiger partial charge on any atom is -0.297 e. The van der Waals surface area contributed by atoms with Crippen LogP contribution in [0.15, 0.2) is 22.7 Å². The summed E-state index contributed by atoms with van der Waals surface area (Å²) in [5.74, 6) is 0. The Labute approximate surface area is 102 Å². The summed E-state index contributed by atoms with van der Waals surface area (Å²) in [4.78, 5) is 11.5. The fourth-order valence-corrected chi connectivity index (χ4v) is 3.42. The molecule has 0 bridgehead atoms. The third kappa shape index (κ3) is 1.66. The van der Waals surface area contributed by atoms with Gasteiger partial charge in [0.2, 0.25) is 0 Å². The van der Waals surface area contributed by atoms with E-state index in [9.17, 15) is 4.79 Å². The van der Waals surface area contributed by atoms with Crippen molar-refractivity contribution >= 4 is 59.6 Å². The molecule has 1 aromatic carbocycles. The Bertz CT molecular complexity index is 490. The summed E-state index contributed by atoms with van der Waals surface area (Å²) in [7, 11) is 0. The summed E-state index contributed by atoms with van der Waals surface area (Å²) < 4.78 is 2.06. The summed E-state index contributed by atoms with van der Waals surface area (Å²) >= 11 is 8.35. The van der Waals surface area contributed by atoms with Crippen molar-refractivity contribution in [3.8, 4) is 0 Å². The molecule has 1 nitrogen and oxygen atoms in total. The van der Waals surface area contributed by atoms with E-state index < -0.39 is 0 Å². The molecule has 0 aliphatic heterocycles. The molecule has 2 aromatic rings. The predicted molar refractivity (Wildman–Crippen MR) is 67.5 cm³/mol. The zero-order valence-corrected chi connectivity index (χ0v) is 11.1. The maximum Gasteiger partial charge on any atom is 0.161 e. The number of rotatable bonds is 2. The molecule has 0 fully saturated rings. The van der Waals surface area contributed by atoms with Gasteiger partial charge in [0.25, 0.3) is 0 Å². The molecular weight excluding hydrogens is 328 g/mol. The molecule has 2 rings (SSSR count). The Morgan fingerprint density at radius 1 is 1.43 bits per heavy atom. The van der Waals surface area contributed by atoms with Gasteiger partial charge in [-0.15, -0.1) is 11.3 Å². The van der Waals surface area contributed by atoms with Crippen LogP contribution in [-0.4, -0.2) is 6.29 Å². The van der Waals surface area contributed by atoms with Crippen LogP contribution in [0.3, 0.4) is 0 Å². The van der Waals surface area contributed by atoms with Crippen LogP contribution < -0.4 is 0 Å². The van der Waals surface area contributed by atoms with Crippen molar-refractivity contribution in [3.05, 3.63) is 33.1 Å². The SMILES string of the molecule is O=Cc1sc2cc(CBr)ccc2c1Br. The van der Waals surface area contributed by atoms with Crippen LogP contribution >= 0.6 is 43.2 Å². The predicted octanol–water partition coefficient (Wildman–Crippen LogP) is 4.37. The lowest BCUT2D eigenvalue weighted by Crippen LogP contribution is -1.74. The molecule has 0 aliphatic rings. The first-order valence-electron chi connectivity index (χ1n) is 3.98. The normalized spacial score (nSPS) is 10.7. The van der Waals surface area contributed by atoms with E-state index in [4.69, 9.17) is 0 Å². The summed E-state index contributed by atoms with van der Waals surface area (Å²) in [5.41, 5.74) is 1.23. The minimum absolute atomic E-state index is 0.756. The average Bonchev–Trinajstić information content (AvgIpc) is 2.55. The van der Waals surface area contributed by atoms with Crippen molar-refractivity contribution in [2.24, 2.45) is 0 Å². The summed E-state index contributed by atoms with van der Waals surface area (Å²) in [6.07, 6.45) is 0.891. The zero-order valence-electron chi connectivity index (χ0n) is 7.09. The lowest BCUT2D eigenvalue weighted by molar-refractivity contribution is 0.112. The van der Waals surface area contributed by atoms with E-state index in [0.29, 0.717) is 0 Å². The zero-order chi connectivity index (χ0) is 10.1. The van der Waals surface area contributed by atoms with Gasteiger partial charge >= 0.3 is 0 Å². The van der Waals surface area contributed by atoms with Gasteiger partial charge in [-0.2, -0.15) is 0 Å². The third-order valence-corrected chi connectivity index (χ3v) is 4.82. The van der Waals surface area contributed by atoms with E-state index in [1.807, 2.05) is 6.07 Å². The Hall–Kier alpha value is -0.190. The summed E-state index contributed by atoms with van der Waals surface area (Å²) in [5, 5.41) is 1.95. The average molecular weight is 334 g/mol. The molecular formula is C10H6Br2OS. The number of fused-ring (bicyclic) bond motifs is 1. The van der Waals surface area contributed by atoms with Crippen molar-refractivity contribution in [1.29, 1.82) is 0 Å². The van der Waals surface area contributed by atoms with E-state index in [1.165, 1.54) is 16.9 Å². The van der Waals surface area contributed by atoms with Crippen LogP contribution in [0.2, 0.25) is 0 Å². The van der Waals surface area contributed by atoms with Crippen LogP contribution in [0.4, 0.5) is 0 Å². The molecule has 1 aromatic heterocycles. The molecule has 0 amide bonds. The van der Waals surface area contributed by atoms with E-state index in [-0.39, 0.29) is 0 Å². The van der Waals surface area contributed by atoms with Gasteiger partial charge in [0, 0.05) is 19.9 Å². The highest BCUT2D eigenvalue weighted by Gasteiger charge is 2.08. The van der Waals surface area contributed by atoms with Crippen molar-refractivity contribution in [2.75, 3.05) is 0 Å². The molecule has 1 heterocycles. The first-order chi connectivity index (χ1) is 6.76. The summed E-state index contributed by atoms with van der Waals surface area (Å²) in [6.45, 7) is 0. The van der Waals surface area contributed by atoms with Crippen LogP contribution in [-0.2, 0) is 5.33 Å². The number of thiophene rings is 1. The molecule has 0 spiro atoms. The van der Waals surface area contributed by atoms with Crippen LogP contribution in [0.25, 0.3) is 10.1 Å². The first-order valence-corrected chi connectivity index (χ1v) is 6.71. The molecule has 72 valence electrons. The van der Waals surface area contributed by atoms with E-state index >= 15 is 0 Å². The number of carbonyl (C=O) groups is 1. The minimum atomic E-state index is 0.756. The Morgan fingerprint density at radius 2 is 2.21 bits per heavy atom. The molecule has 0 aliphatic carbocycles. The van der Waals surface area contributed by atoms with Crippen LogP contribution in [0.1, 0.15) is 15.2 Å². The van der Waals surface area contributed by atoms with Gasteiger partial charge in [0.1, 0.15) is 0 Å². The maximum absolute atomic E-state index is 10.7. The van der Waals surface area contributed by atoms with Gasteiger partial charge in [-0.3, -0.25) is 4.79 Å². The number of benzene rings is 1. The van der Waals surface area contributed by atoms with Crippen LogP contribution in [0, 0.1) is 0 Å². The molecule has 0 atom stereocenters. The number of aldehydes is 1. The largest absolute Gasteiger partial charge is 0.297 e. The lowest BCUT2D eigenvalue weighted by Gasteiger charge is -1.94. The monoisotopic (exact) mass is 332 g/mol. The smallest absolute Gasteiger partial charge is 0.161 e. The third-order valence-electron chi connectivity index (χ3n) is 1.98. The van der Waals surface area contributed by atoms with Gasteiger partial charge in [0.15, 0.2) is 6.29 Å². The van der Waals surface area contributed by atoms with Crippen molar-refractivity contribution < 1.29 is 4.79 Å². The van der Waals surface area contributed by atoms with Crippen LogP contribution in [0.5, 0.6) is 0 Å². The summed E-state index contributed by atoms with van der Waals surface area (Å²) in [6, 6.07) is 6.20. The fraction of sp³-hybridized carbons (Fsp3) is 0.100. The molecule has 14 heavy (non-hydrogen) atoms.